The van der Waals surface area contributed by atoms with Gasteiger partial charge in [-0.25, -0.2) is 23.4 Å². The van der Waals surface area contributed by atoms with Gasteiger partial charge < -0.3 is 14.2 Å². The molecule has 0 aromatic carbocycles. The summed E-state index contributed by atoms with van der Waals surface area (Å²) in [7, 11) is -2.43. The minimum Gasteiger partial charge on any atom is -0.481 e. The molecule has 3 aromatic rings. The van der Waals surface area contributed by atoms with E-state index in [1.54, 1.807) is 36.6 Å². The molecular formula is C22H28ClN7O5S. The van der Waals surface area contributed by atoms with Gasteiger partial charge in [-0.2, -0.15) is 0 Å². The van der Waals surface area contributed by atoms with Crippen LogP contribution in [0.1, 0.15) is 38.6 Å². The molecule has 0 unspecified atom stereocenters. The van der Waals surface area contributed by atoms with Crippen LogP contribution in [0.2, 0.25) is 5.02 Å². The highest BCUT2D eigenvalue weighted by Crippen LogP contribution is 2.30. The Balaban J connectivity index is 1.69. The maximum Gasteiger partial charge on any atom is 0.238 e. The van der Waals surface area contributed by atoms with Gasteiger partial charge in [-0.05, 0) is 19.9 Å². The molecule has 12 nitrogen and oxygen atoms in total. The van der Waals surface area contributed by atoms with Crippen molar-refractivity contribution >= 4 is 27.6 Å². The molecule has 36 heavy (non-hydrogen) atoms. The number of nitrogens with zero attached hydrogens (tertiary/aromatic N) is 6. The zero-order valence-corrected chi connectivity index (χ0v) is 21.9. The first-order chi connectivity index (χ1) is 17.2. The zero-order chi connectivity index (χ0) is 25.9. The second kappa shape index (κ2) is 11.0. The molecule has 1 aliphatic rings. The van der Waals surface area contributed by atoms with E-state index in [2.05, 4.69) is 29.9 Å². The fourth-order valence-corrected chi connectivity index (χ4v) is 5.12. The number of anilines is 1. The van der Waals surface area contributed by atoms with Crippen molar-refractivity contribution in [1.29, 1.82) is 0 Å². The average Bonchev–Trinajstić information content (AvgIpc) is 3.31. The van der Waals surface area contributed by atoms with Crippen LogP contribution in [0.4, 0.5) is 5.95 Å². The quantitative estimate of drug-likeness (QED) is 0.432. The van der Waals surface area contributed by atoms with Gasteiger partial charge in [0.25, 0.3) is 0 Å². The summed E-state index contributed by atoms with van der Waals surface area (Å²) in [5.74, 6) is 0.617. The van der Waals surface area contributed by atoms with Crippen LogP contribution in [0.3, 0.4) is 0 Å². The monoisotopic (exact) mass is 537 g/mol. The third kappa shape index (κ3) is 5.59. The SMILES string of the molecule is COc1cccc(-c2nnc(NS(=O)(=O)[C@@H](C)[C@H](C)c3ncc(Cl)cn3)n2[C@H](C)[C@@H]2COCCO2)n1. The first-order valence-corrected chi connectivity index (χ1v) is 13.3. The number of ether oxygens (including phenoxy) is 3. The van der Waals surface area contributed by atoms with Gasteiger partial charge in [0.1, 0.15) is 17.6 Å². The van der Waals surface area contributed by atoms with Gasteiger partial charge in [0.05, 0.1) is 43.2 Å². The van der Waals surface area contributed by atoms with E-state index in [9.17, 15) is 8.42 Å². The number of hydrogen-bond acceptors (Lipinski definition) is 10. The summed E-state index contributed by atoms with van der Waals surface area (Å²) in [6.45, 7) is 6.48. The molecule has 1 N–H and O–H groups in total. The molecule has 0 amide bonds. The maximum atomic E-state index is 13.4. The van der Waals surface area contributed by atoms with Crippen molar-refractivity contribution < 1.29 is 22.6 Å². The summed E-state index contributed by atoms with van der Waals surface area (Å²) in [6.07, 6.45) is 2.53. The minimum absolute atomic E-state index is 0.0346. The number of aromatic nitrogens is 6. The number of pyridine rings is 1. The first kappa shape index (κ1) is 26.2. The molecule has 0 radical (unpaired) electrons. The van der Waals surface area contributed by atoms with E-state index in [-0.39, 0.29) is 18.1 Å². The van der Waals surface area contributed by atoms with Crippen molar-refractivity contribution in [3.05, 3.63) is 41.4 Å². The minimum atomic E-state index is -3.94. The van der Waals surface area contributed by atoms with E-state index in [0.717, 1.165) is 0 Å². The Hall–Kier alpha value is -2.87. The number of hydrogen-bond donors (Lipinski definition) is 1. The highest BCUT2D eigenvalue weighted by molar-refractivity contribution is 7.93. The lowest BCUT2D eigenvalue weighted by atomic mass is 10.1. The van der Waals surface area contributed by atoms with E-state index in [1.807, 2.05) is 6.92 Å². The van der Waals surface area contributed by atoms with E-state index < -0.39 is 21.2 Å². The number of halogens is 1. The van der Waals surface area contributed by atoms with Crippen LogP contribution in [0, 0.1) is 0 Å². The standard InChI is InChI=1S/C22H28ClN7O5S/c1-13(20-24-10-16(23)11-25-20)15(3)36(31,32)29-22-28-27-21(17-6-5-7-19(26-17)33-4)30(22)14(2)18-12-34-8-9-35-18/h5-7,10-11,13-15,18H,8-9,12H2,1-4H3,(H,28,29)/t13-,14+,15-,18-/m0/s1. The zero-order valence-electron chi connectivity index (χ0n) is 20.3. The summed E-state index contributed by atoms with van der Waals surface area (Å²) in [5, 5.41) is 7.91. The smallest absolute Gasteiger partial charge is 0.238 e. The molecular weight excluding hydrogens is 510 g/mol. The molecule has 194 valence electrons. The Kier molecular flexibility index (Phi) is 8.03. The molecule has 0 spiro atoms. The molecule has 14 heteroatoms. The Morgan fingerprint density at radius 1 is 1.17 bits per heavy atom. The van der Waals surface area contributed by atoms with Gasteiger partial charge in [-0.1, -0.05) is 24.6 Å². The highest BCUT2D eigenvalue weighted by atomic mass is 35.5. The van der Waals surface area contributed by atoms with Crippen LogP contribution in [-0.4, -0.2) is 76.4 Å². The summed E-state index contributed by atoms with van der Waals surface area (Å²) in [4.78, 5) is 12.8. The first-order valence-electron chi connectivity index (χ1n) is 11.4. The predicted molar refractivity (Wildman–Crippen MR) is 133 cm³/mol. The molecule has 1 fully saturated rings. The summed E-state index contributed by atoms with van der Waals surface area (Å²) in [5.41, 5.74) is 0.465. The molecule has 0 aliphatic carbocycles. The van der Waals surface area contributed by atoms with Crippen LogP contribution in [-0.2, 0) is 19.5 Å². The number of rotatable bonds is 9. The van der Waals surface area contributed by atoms with E-state index in [4.69, 9.17) is 25.8 Å². The van der Waals surface area contributed by atoms with Gasteiger partial charge >= 0.3 is 0 Å². The Morgan fingerprint density at radius 2 is 1.92 bits per heavy atom. The van der Waals surface area contributed by atoms with Gasteiger partial charge in [0.15, 0.2) is 5.82 Å². The number of sulfonamides is 1. The normalized spacial score (nSPS) is 18.9. The largest absolute Gasteiger partial charge is 0.481 e. The van der Waals surface area contributed by atoms with Crippen LogP contribution in [0.5, 0.6) is 5.88 Å². The average molecular weight is 538 g/mol. The molecule has 4 rings (SSSR count). The molecule has 1 aliphatic heterocycles. The van der Waals surface area contributed by atoms with Crippen LogP contribution in [0.15, 0.2) is 30.6 Å². The molecule has 1 saturated heterocycles. The fourth-order valence-electron chi connectivity index (χ4n) is 3.78. The maximum absolute atomic E-state index is 13.4. The Bertz CT molecular complexity index is 1280. The van der Waals surface area contributed by atoms with Crippen molar-refractivity contribution in [1.82, 2.24) is 29.7 Å². The second-order valence-corrected chi connectivity index (χ2v) is 10.9. The number of nitrogens with one attached hydrogen (secondary N) is 1. The highest BCUT2D eigenvalue weighted by Gasteiger charge is 2.34. The number of methoxy groups -OCH3 is 1. The summed E-state index contributed by atoms with van der Waals surface area (Å²) >= 11 is 5.87. The Labute approximate surface area is 214 Å². The summed E-state index contributed by atoms with van der Waals surface area (Å²) in [6, 6.07) is 4.84. The van der Waals surface area contributed by atoms with Crippen LogP contribution >= 0.6 is 11.6 Å². The molecule has 0 saturated carbocycles. The van der Waals surface area contributed by atoms with E-state index in [1.165, 1.54) is 19.5 Å². The molecule has 4 heterocycles. The van der Waals surface area contributed by atoms with Crippen molar-refractivity contribution in [3.8, 4) is 17.4 Å². The van der Waals surface area contributed by atoms with Gasteiger partial charge in [-0.3, -0.25) is 9.29 Å². The van der Waals surface area contributed by atoms with Crippen molar-refractivity contribution in [2.45, 2.75) is 44.1 Å². The van der Waals surface area contributed by atoms with Crippen LogP contribution in [0.25, 0.3) is 11.5 Å². The third-order valence-electron chi connectivity index (χ3n) is 6.12. The lowest BCUT2D eigenvalue weighted by molar-refractivity contribution is -0.104. The lowest BCUT2D eigenvalue weighted by Crippen LogP contribution is -2.37. The van der Waals surface area contributed by atoms with Crippen LogP contribution < -0.4 is 9.46 Å². The fraction of sp³-hybridized carbons (Fsp3) is 0.500. The third-order valence-corrected chi connectivity index (χ3v) is 8.17. The van der Waals surface area contributed by atoms with Crippen molar-refractivity contribution in [2.24, 2.45) is 0 Å². The molecule has 3 aromatic heterocycles. The van der Waals surface area contributed by atoms with Gasteiger partial charge in [-0.15, -0.1) is 10.2 Å². The van der Waals surface area contributed by atoms with Gasteiger partial charge in [0.2, 0.25) is 21.9 Å². The van der Waals surface area contributed by atoms with Crippen molar-refractivity contribution in [2.75, 3.05) is 31.7 Å². The summed E-state index contributed by atoms with van der Waals surface area (Å²) < 4.78 is 47.8. The Morgan fingerprint density at radius 3 is 2.58 bits per heavy atom. The van der Waals surface area contributed by atoms with E-state index in [0.29, 0.717) is 48.1 Å². The molecule has 4 atom stereocenters. The van der Waals surface area contributed by atoms with Gasteiger partial charge in [0, 0.05) is 24.4 Å². The topological polar surface area (TPSA) is 143 Å². The second-order valence-electron chi connectivity index (χ2n) is 8.41. The molecule has 0 bridgehead atoms. The lowest BCUT2D eigenvalue weighted by Gasteiger charge is -2.30. The predicted octanol–water partition coefficient (Wildman–Crippen LogP) is 2.70. The van der Waals surface area contributed by atoms with Crippen molar-refractivity contribution in [3.63, 3.8) is 0 Å². The van der Waals surface area contributed by atoms with E-state index >= 15 is 0 Å².